The van der Waals surface area contributed by atoms with E-state index in [2.05, 4.69) is 10.3 Å². The highest BCUT2D eigenvalue weighted by Crippen LogP contribution is 2.30. The molecule has 0 aliphatic carbocycles. The van der Waals surface area contributed by atoms with E-state index in [4.69, 9.17) is 5.11 Å². The van der Waals surface area contributed by atoms with Gasteiger partial charge < -0.3 is 10.4 Å². The van der Waals surface area contributed by atoms with Gasteiger partial charge in [-0.3, -0.25) is 4.79 Å². The first-order chi connectivity index (χ1) is 8.72. The van der Waals surface area contributed by atoms with E-state index in [0.29, 0.717) is 17.8 Å². The Labute approximate surface area is 113 Å². The predicted octanol–water partition coefficient (Wildman–Crippen LogP) is 2.29. The maximum atomic E-state index is 11.9. The van der Waals surface area contributed by atoms with Crippen molar-refractivity contribution in [1.82, 2.24) is 10.3 Å². The van der Waals surface area contributed by atoms with Crippen LogP contribution in [0.25, 0.3) is 9.88 Å². The number of amides is 1. The molecule has 0 aliphatic rings. The molecule has 0 fully saturated rings. The summed E-state index contributed by atoms with van der Waals surface area (Å²) in [5.41, 5.74) is 0.755. The van der Waals surface area contributed by atoms with Gasteiger partial charge in [0.25, 0.3) is 5.91 Å². The van der Waals surface area contributed by atoms with Crippen molar-refractivity contribution < 1.29 is 9.90 Å². The second-order valence-electron chi connectivity index (χ2n) is 3.74. The normalized spacial score (nSPS) is 10.6. The fourth-order valence-electron chi connectivity index (χ4n) is 1.47. The molecule has 2 rings (SSSR count). The van der Waals surface area contributed by atoms with Crippen molar-refractivity contribution in [3.63, 3.8) is 0 Å². The van der Waals surface area contributed by atoms with Crippen molar-refractivity contribution in [2.45, 2.75) is 13.3 Å². The van der Waals surface area contributed by atoms with Crippen molar-refractivity contribution in [2.24, 2.45) is 0 Å². The third kappa shape index (κ3) is 2.95. The summed E-state index contributed by atoms with van der Waals surface area (Å²) in [5.74, 6) is -0.110. The molecule has 0 spiro atoms. The summed E-state index contributed by atoms with van der Waals surface area (Å²) in [7, 11) is 0. The Hall–Kier alpha value is -1.24. The Morgan fingerprint density at radius 1 is 1.56 bits per heavy atom. The molecule has 0 unspecified atom stereocenters. The topological polar surface area (TPSA) is 62.2 Å². The zero-order valence-corrected chi connectivity index (χ0v) is 11.6. The second kappa shape index (κ2) is 6.08. The van der Waals surface area contributed by atoms with Gasteiger partial charge in [-0.05, 0) is 24.8 Å². The molecule has 4 nitrogen and oxygen atoms in total. The third-order valence-electron chi connectivity index (χ3n) is 2.36. The van der Waals surface area contributed by atoms with Crippen LogP contribution < -0.4 is 5.32 Å². The number of thiazole rings is 1. The molecule has 2 N–H and O–H groups in total. The molecule has 6 heteroatoms. The van der Waals surface area contributed by atoms with Crippen molar-refractivity contribution in [2.75, 3.05) is 13.2 Å². The van der Waals surface area contributed by atoms with Gasteiger partial charge in [0, 0.05) is 13.2 Å². The molecule has 96 valence electrons. The minimum absolute atomic E-state index is 0.0857. The van der Waals surface area contributed by atoms with Crippen molar-refractivity contribution in [3.8, 4) is 9.88 Å². The van der Waals surface area contributed by atoms with Crippen LogP contribution >= 0.6 is 22.7 Å². The number of aliphatic hydroxyl groups is 1. The van der Waals surface area contributed by atoms with Gasteiger partial charge in [-0.25, -0.2) is 4.98 Å². The second-order valence-corrected chi connectivity index (χ2v) is 5.69. The molecule has 1 amide bonds. The molecular formula is C12H14N2O2S2. The molecule has 0 saturated heterocycles. The SMILES string of the molecule is Cc1nc(-c2cccs2)sc1C(=O)NCCCO. The standard InChI is InChI=1S/C12H14N2O2S2/c1-8-10(11(16)13-5-3-6-15)18-12(14-8)9-4-2-7-17-9/h2,4,7,15H,3,5-6H2,1H3,(H,13,16). The van der Waals surface area contributed by atoms with Crippen molar-refractivity contribution >= 4 is 28.6 Å². The minimum Gasteiger partial charge on any atom is -0.396 e. The van der Waals surface area contributed by atoms with Crippen LogP contribution in [0.5, 0.6) is 0 Å². The summed E-state index contributed by atoms with van der Waals surface area (Å²) in [6.45, 7) is 2.41. The van der Waals surface area contributed by atoms with Crippen LogP contribution in [0.15, 0.2) is 17.5 Å². The third-order valence-corrected chi connectivity index (χ3v) is 4.55. The smallest absolute Gasteiger partial charge is 0.263 e. The Bertz CT molecular complexity index is 520. The summed E-state index contributed by atoms with van der Waals surface area (Å²) >= 11 is 3.02. The monoisotopic (exact) mass is 282 g/mol. The van der Waals surface area contributed by atoms with Crippen LogP contribution in [0, 0.1) is 6.92 Å². The van der Waals surface area contributed by atoms with Gasteiger partial charge in [0.05, 0.1) is 10.6 Å². The predicted molar refractivity (Wildman–Crippen MR) is 74.2 cm³/mol. The van der Waals surface area contributed by atoms with Crippen molar-refractivity contribution in [3.05, 3.63) is 28.1 Å². The first kappa shape index (κ1) is 13.2. The highest BCUT2D eigenvalue weighted by molar-refractivity contribution is 7.22. The fourth-order valence-corrected chi connectivity index (χ4v) is 3.25. The van der Waals surface area contributed by atoms with Gasteiger partial charge in [0.15, 0.2) is 0 Å². The summed E-state index contributed by atoms with van der Waals surface area (Å²) < 4.78 is 0. The number of hydrogen-bond acceptors (Lipinski definition) is 5. The summed E-state index contributed by atoms with van der Waals surface area (Å²) in [5, 5.41) is 14.3. The van der Waals surface area contributed by atoms with Gasteiger partial charge in [0.1, 0.15) is 9.88 Å². The highest BCUT2D eigenvalue weighted by Gasteiger charge is 2.15. The van der Waals surface area contributed by atoms with E-state index in [9.17, 15) is 4.79 Å². The van der Waals surface area contributed by atoms with E-state index < -0.39 is 0 Å². The summed E-state index contributed by atoms with van der Waals surface area (Å²) in [4.78, 5) is 18.1. The van der Waals surface area contributed by atoms with Crippen LogP contribution in [-0.4, -0.2) is 29.1 Å². The van der Waals surface area contributed by atoms with Gasteiger partial charge in [0.2, 0.25) is 0 Å². The molecule has 0 aliphatic heterocycles. The fraction of sp³-hybridized carbons (Fsp3) is 0.333. The lowest BCUT2D eigenvalue weighted by Gasteiger charge is -2.01. The molecule has 18 heavy (non-hydrogen) atoms. The van der Waals surface area contributed by atoms with E-state index in [0.717, 1.165) is 15.6 Å². The zero-order valence-electron chi connectivity index (χ0n) is 9.97. The van der Waals surface area contributed by atoms with Crippen LogP contribution in [-0.2, 0) is 0 Å². The number of carbonyl (C=O) groups is 1. The Morgan fingerprint density at radius 3 is 3.06 bits per heavy atom. The first-order valence-electron chi connectivity index (χ1n) is 5.62. The zero-order chi connectivity index (χ0) is 13.0. The number of nitrogens with zero attached hydrogens (tertiary/aromatic N) is 1. The van der Waals surface area contributed by atoms with Gasteiger partial charge in [-0.2, -0.15) is 0 Å². The van der Waals surface area contributed by atoms with E-state index in [1.54, 1.807) is 11.3 Å². The van der Waals surface area contributed by atoms with Crippen LogP contribution in [0.3, 0.4) is 0 Å². The minimum atomic E-state index is -0.110. The molecular weight excluding hydrogens is 268 g/mol. The Morgan fingerprint density at radius 2 is 2.39 bits per heavy atom. The average molecular weight is 282 g/mol. The number of aryl methyl sites for hydroxylation is 1. The van der Waals surface area contributed by atoms with E-state index in [-0.39, 0.29) is 12.5 Å². The number of thiophene rings is 1. The highest BCUT2D eigenvalue weighted by atomic mass is 32.1. The van der Waals surface area contributed by atoms with Crippen molar-refractivity contribution in [1.29, 1.82) is 0 Å². The largest absolute Gasteiger partial charge is 0.396 e. The molecule has 0 saturated carbocycles. The lowest BCUT2D eigenvalue weighted by molar-refractivity contribution is 0.0954. The van der Waals surface area contributed by atoms with E-state index >= 15 is 0 Å². The molecule has 2 aromatic rings. The number of nitrogens with one attached hydrogen (secondary N) is 1. The molecule has 0 aromatic carbocycles. The molecule has 0 bridgehead atoms. The van der Waals surface area contributed by atoms with Crippen LogP contribution in [0.1, 0.15) is 21.8 Å². The van der Waals surface area contributed by atoms with Gasteiger partial charge in [-0.1, -0.05) is 6.07 Å². The maximum Gasteiger partial charge on any atom is 0.263 e. The van der Waals surface area contributed by atoms with Crippen LogP contribution in [0.2, 0.25) is 0 Å². The molecule has 0 radical (unpaired) electrons. The quantitative estimate of drug-likeness (QED) is 0.827. The average Bonchev–Trinajstić information content (AvgIpc) is 2.97. The van der Waals surface area contributed by atoms with E-state index in [1.807, 2.05) is 24.4 Å². The maximum absolute atomic E-state index is 11.9. The number of carbonyl (C=O) groups excluding carboxylic acids is 1. The number of hydrogen-bond donors (Lipinski definition) is 2. The number of aliphatic hydroxyl groups excluding tert-OH is 1. The van der Waals surface area contributed by atoms with Gasteiger partial charge >= 0.3 is 0 Å². The molecule has 2 heterocycles. The lowest BCUT2D eigenvalue weighted by Crippen LogP contribution is -2.24. The summed E-state index contributed by atoms with van der Waals surface area (Å²) in [6, 6.07) is 3.97. The Kier molecular flexibility index (Phi) is 4.46. The molecule has 2 aromatic heterocycles. The van der Waals surface area contributed by atoms with Gasteiger partial charge in [-0.15, -0.1) is 22.7 Å². The summed E-state index contributed by atoms with van der Waals surface area (Å²) in [6.07, 6.45) is 0.571. The Balaban J connectivity index is 2.12. The lowest BCUT2D eigenvalue weighted by atomic mass is 10.3. The first-order valence-corrected chi connectivity index (χ1v) is 7.32. The number of aromatic nitrogens is 1. The number of rotatable bonds is 5. The van der Waals surface area contributed by atoms with Crippen LogP contribution in [0.4, 0.5) is 0 Å². The molecule has 0 atom stereocenters. The van der Waals surface area contributed by atoms with E-state index in [1.165, 1.54) is 11.3 Å².